The van der Waals surface area contributed by atoms with Crippen LogP contribution in [0.1, 0.15) is 18.4 Å². The van der Waals surface area contributed by atoms with Crippen molar-refractivity contribution in [3.8, 4) is 0 Å². The smallest absolute Gasteiger partial charge is 0.250 e. The van der Waals surface area contributed by atoms with E-state index >= 15 is 0 Å². The summed E-state index contributed by atoms with van der Waals surface area (Å²) in [6.07, 6.45) is 1.84. The normalized spacial score (nSPS) is 24.3. The number of benzene rings is 1. The summed E-state index contributed by atoms with van der Waals surface area (Å²) >= 11 is 0. The Hall–Kier alpha value is -0.850. The second-order valence-electron chi connectivity index (χ2n) is 6.13. The second kappa shape index (κ2) is 10.9. The van der Waals surface area contributed by atoms with Crippen molar-refractivity contribution >= 4 is 30.7 Å². The predicted molar refractivity (Wildman–Crippen MR) is 100.0 cm³/mol. The van der Waals surface area contributed by atoms with E-state index in [4.69, 9.17) is 4.74 Å². The third-order valence-electron chi connectivity index (χ3n) is 4.32. The fourth-order valence-electron chi connectivity index (χ4n) is 3.19. The quantitative estimate of drug-likeness (QED) is 0.838. The second-order valence-corrected chi connectivity index (χ2v) is 6.13. The highest BCUT2D eigenvalue weighted by atomic mass is 35.5. The fourth-order valence-corrected chi connectivity index (χ4v) is 3.19. The van der Waals surface area contributed by atoms with Gasteiger partial charge in [0.1, 0.15) is 6.10 Å². The summed E-state index contributed by atoms with van der Waals surface area (Å²) in [4.78, 5) is 14.7. The first kappa shape index (κ1) is 21.2. The summed E-state index contributed by atoms with van der Waals surface area (Å²) < 4.78 is 5.52. The van der Waals surface area contributed by atoms with Gasteiger partial charge in [0.05, 0.1) is 6.61 Å². The Labute approximate surface area is 156 Å². The Morgan fingerprint density at radius 2 is 2.08 bits per heavy atom. The highest BCUT2D eigenvalue weighted by Crippen LogP contribution is 2.14. The van der Waals surface area contributed by atoms with E-state index in [-0.39, 0.29) is 42.9 Å². The Balaban J connectivity index is 0.00000144. The molecule has 1 amide bonds. The van der Waals surface area contributed by atoms with Crippen LogP contribution < -0.4 is 10.6 Å². The molecule has 136 valence electrons. The van der Waals surface area contributed by atoms with Crippen LogP contribution in [-0.4, -0.2) is 55.7 Å². The van der Waals surface area contributed by atoms with Crippen LogP contribution in [0, 0.1) is 0 Å². The number of nitrogens with one attached hydrogen (secondary N) is 2. The summed E-state index contributed by atoms with van der Waals surface area (Å²) in [5.41, 5.74) is 1.33. The molecule has 1 aromatic carbocycles. The third-order valence-corrected chi connectivity index (χ3v) is 4.32. The van der Waals surface area contributed by atoms with Crippen LogP contribution in [0.3, 0.4) is 0 Å². The molecule has 2 aliphatic heterocycles. The molecule has 2 N–H and O–H groups in total. The van der Waals surface area contributed by atoms with Gasteiger partial charge in [-0.15, -0.1) is 24.8 Å². The number of amides is 1. The molecular weight excluding hydrogens is 349 g/mol. The van der Waals surface area contributed by atoms with Crippen molar-refractivity contribution in [3.63, 3.8) is 0 Å². The first-order valence-corrected chi connectivity index (χ1v) is 8.20. The zero-order chi connectivity index (χ0) is 15.2. The number of morpholine rings is 1. The molecule has 2 heterocycles. The Morgan fingerprint density at radius 3 is 2.79 bits per heavy atom. The topological polar surface area (TPSA) is 53.6 Å². The molecule has 0 spiro atoms. The van der Waals surface area contributed by atoms with E-state index in [0.717, 1.165) is 39.0 Å². The maximum absolute atomic E-state index is 12.2. The SMILES string of the molecule is Cl.Cl.O=C(NC1CCCN(Cc2ccccc2)C1)C1CNCCO1. The van der Waals surface area contributed by atoms with Gasteiger partial charge in [0.25, 0.3) is 5.91 Å². The average Bonchev–Trinajstić information content (AvgIpc) is 2.57. The summed E-state index contributed by atoms with van der Waals surface area (Å²) in [6, 6.07) is 10.7. The molecular formula is C17H27Cl2N3O2. The lowest BCUT2D eigenvalue weighted by atomic mass is 10.0. The number of nitrogens with zero attached hydrogens (tertiary/aromatic N) is 1. The van der Waals surface area contributed by atoms with Crippen LogP contribution in [0.5, 0.6) is 0 Å². The lowest BCUT2D eigenvalue weighted by Crippen LogP contribution is -2.53. The molecule has 7 heteroatoms. The Bertz CT molecular complexity index is 484. The van der Waals surface area contributed by atoms with Gasteiger partial charge >= 0.3 is 0 Å². The number of carbonyl (C=O) groups is 1. The van der Waals surface area contributed by atoms with Gasteiger partial charge in [-0.2, -0.15) is 0 Å². The molecule has 0 aromatic heterocycles. The number of hydrogen-bond acceptors (Lipinski definition) is 4. The van der Waals surface area contributed by atoms with Gasteiger partial charge in [-0.25, -0.2) is 0 Å². The maximum atomic E-state index is 12.2. The van der Waals surface area contributed by atoms with Gasteiger partial charge in [0.15, 0.2) is 0 Å². The molecule has 2 fully saturated rings. The molecule has 2 unspecified atom stereocenters. The standard InChI is InChI=1S/C17H25N3O2.2ClH/c21-17(16-11-18-8-10-22-16)19-15-7-4-9-20(13-15)12-14-5-2-1-3-6-14;;/h1-3,5-6,15-16,18H,4,7-13H2,(H,19,21);2*1H. The van der Waals surface area contributed by atoms with Gasteiger partial charge in [-0.1, -0.05) is 30.3 Å². The van der Waals surface area contributed by atoms with E-state index in [9.17, 15) is 4.79 Å². The molecule has 24 heavy (non-hydrogen) atoms. The summed E-state index contributed by atoms with van der Waals surface area (Å²) in [7, 11) is 0. The molecule has 2 aliphatic rings. The lowest BCUT2D eigenvalue weighted by molar-refractivity contribution is -0.135. The first-order valence-electron chi connectivity index (χ1n) is 8.20. The van der Waals surface area contributed by atoms with Gasteiger partial charge in [0, 0.05) is 32.2 Å². The van der Waals surface area contributed by atoms with Crippen LogP contribution in [0.25, 0.3) is 0 Å². The lowest BCUT2D eigenvalue weighted by Gasteiger charge is -2.34. The molecule has 0 aliphatic carbocycles. The molecule has 2 saturated heterocycles. The molecule has 0 bridgehead atoms. The number of rotatable bonds is 4. The number of halogens is 2. The van der Waals surface area contributed by atoms with E-state index in [0.29, 0.717) is 13.2 Å². The van der Waals surface area contributed by atoms with Gasteiger partial charge in [-0.3, -0.25) is 9.69 Å². The molecule has 3 rings (SSSR count). The van der Waals surface area contributed by atoms with Crippen molar-refractivity contribution in [1.82, 2.24) is 15.5 Å². The minimum Gasteiger partial charge on any atom is -0.366 e. The van der Waals surface area contributed by atoms with Gasteiger partial charge in [0.2, 0.25) is 0 Å². The van der Waals surface area contributed by atoms with Crippen molar-refractivity contribution in [2.24, 2.45) is 0 Å². The van der Waals surface area contributed by atoms with Crippen molar-refractivity contribution in [1.29, 1.82) is 0 Å². The predicted octanol–water partition coefficient (Wildman–Crippen LogP) is 1.60. The van der Waals surface area contributed by atoms with Crippen LogP contribution in [0.15, 0.2) is 30.3 Å². The van der Waals surface area contributed by atoms with E-state index in [1.807, 2.05) is 6.07 Å². The number of piperidine rings is 1. The monoisotopic (exact) mass is 375 g/mol. The molecule has 0 saturated carbocycles. The molecule has 1 aromatic rings. The van der Waals surface area contributed by atoms with E-state index in [1.165, 1.54) is 5.56 Å². The molecule has 5 nitrogen and oxygen atoms in total. The summed E-state index contributed by atoms with van der Waals surface area (Å²) in [5, 5.41) is 6.36. The van der Waals surface area contributed by atoms with Crippen molar-refractivity contribution < 1.29 is 9.53 Å². The Kier molecular flexibility index (Phi) is 9.63. The minimum atomic E-state index is -0.335. The summed E-state index contributed by atoms with van der Waals surface area (Å²) in [6.45, 7) is 5.03. The molecule has 0 radical (unpaired) electrons. The van der Waals surface area contributed by atoms with Crippen LogP contribution in [-0.2, 0) is 16.1 Å². The van der Waals surface area contributed by atoms with Gasteiger partial charge in [-0.05, 0) is 24.9 Å². The van der Waals surface area contributed by atoms with Crippen molar-refractivity contribution in [2.45, 2.75) is 31.5 Å². The summed E-state index contributed by atoms with van der Waals surface area (Å²) in [5.74, 6) is 0.0266. The fraction of sp³-hybridized carbons (Fsp3) is 0.588. The number of hydrogen-bond donors (Lipinski definition) is 2. The highest BCUT2D eigenvalue weighted by molar-refractivity contribution is 5.85. The Morgan fingerprint density at radius 1 is 1.29 bits per heavy atom. The van der Waals surface area contributed by atoms with Crippen LogP contribution in [0.4, 0.5) is 0 Å². The van der Waals surface area contributed by atoms with Crippen LogP contribution in [0.2, 0.25) is 0 Å². The number of likely N-dealkylation sites (tertiary alicyclic amines) is 1. The first-order chi connectivity index (χ1) is 10.8. The van der Waals surface area contributed by atoms with E-state index in [1.54, 1.807) is 0 Å². The zero-order valence-electron chi connectivity index (χ0n) is 13.8. The van der Waals surface area contributed by atoms with E-state index < -0.39 is 0 Å². The largest absolute Gasteiger partial charge is 0.366 e. The maximum Gasteiger partial charge on any atom is 0.250 e. The average molecular weight is 376 g/mol. The number of ether oxygens (including phenoxy) is 1. The van der Waals surface area contributed by atoms with Crippen LogP contribution >= 0.6 is 24.8 Å². The third kappa shape index (κ3) is 6.22. The van der Waals surface area contributed by atoms with Crippen molar-refractivity contribution in [2.75, 3.05) is 32.8 Å². The van der Waals surface area contributed by atoms with Gasteiger partial charge < -0.3 is 15.4 Å². The zero-order valence-corrected chi connectivity index (χ0v) is 15.4. The minimum absolute atomic E-state index is 0. The van der Waals surface area contributed by atoms with Crippen molar-refractivity contribution in [3.05, 3.63) is 35.9 Å². The number of carbonyl (C=O) groups excluding carboxylic acids is 1. The molecule has 2 atom stereocenters. The van der Waals surface area contributed by atoms with E-state index in [2.05, 4.69) is 39.8 Å². The highest BCUT2D eigenvalue weighted by Gasteiger charge is 2.26.